The number of carbonyl (C=O) groups excluding carboxylic acids is 4. The lowest BCUT2D eigenvalue weighted by Gasteiger charge is -2.14. The molecule has 0 saturated carbocycles. The molecular formula is C43H56N12O6. The lowest BCUT2D eigenvalue weighted by molar-refractivity contribution is 0.0991. The molecule has 18 nitrogen and oxygen atoms in total. The first-order chi connectivity index (χ1) is 28.7. The minimum atomic E-state index is -0.662. The molecule has 4 heterocycles. The third-order valence-electron chi connectivity index (χ3n) is 9.74. The monoisotopic (exact) mass is 836 g/mol. The van der Waals surface area contributed by atoms with Gasteiger partial charge in [0.05, 0.1) is 34.5 Å². The number of carbonyl (C=O) groups is 4. The Morgan fingerprint density at radius 1 is 0.738 bits per heavy atom. The van der Waals surface area contributed by atoms with Gasteiger partial charge in [0, 0.05) is 57.4 Å². The van der Waals surface area contributed by atoms with E-state index >= 15 is 0 Å². The number of nitrogens with one attached hydrogen (secondary N) is 2. The summed E-state index contributed by atoms with van der Waals surface area (Å²) in [4.78, 5) is 61.9. The Morgan fingerprint density at radius 2 is 1.23 bits per heavy atom. The van der Waals surface area contributed by atoms with Gasteiger partial charge in [-0.3, -0.25) is 39.2 Å². The number of methoxy groups -OCH3 is 1. The molecule has 0 aliphatic heterocycles. The largest absolute Gasteiger partial charge is 0.491 e. The number of imidazole rings is 2. The summed E-state index contributed by atoms with van der Waals surface area (Å²) in [5.41, 5.74) is 17.1. The Labute approximate surface area is 354 Å². The van der Waals surface area contributed by atoms with Crippen LogP contribution >= 0.6 is 0 Å². The number of nitrogens with two attached hydrogens (primary N) is 2. The number of anilines is 2. The number of amides is 4. The molecule has 6 rings (SSSR count). The normalized spacial score (nSPS) is 11.5. The van der Waals surface area contributed by atoms with Gasteiger partial charge in [-0.1, -0.05) is 33.4 Å². The Kier molecular flexibility index (Phi) is 14.5. The average Bonchev–Trinajstić information content (AvgIpc) is 3.96. The lowest BCUT2D eigenvalue weighted by atomic mass is 9.99. The Hall–Kier alpha value is -6.82. The van der Waals surface area contributed by atoms with Gasteiger partial charge in [0.1, 0.15) is 22.7 Å². The van der Waals surface area contributed by atoms with Crippen molar-refractivity contribution < 1.29 is 28.7 Å². The van der Waals surface area contributed by atoms with E-state index in [1.165, 1.54) is 0 Å². The van der Waals surface area contributed by atoms with Gasteiger partial charge in [0.2, 0.25) is 23.7 Å². The fraction of sp³-hybridized carbons (Fsp3) is 0.395. The Balaban J connectivity index is 0.00000704. The number of fused-ring (bicyclic) bond motifs is 2. The highest BCUT2D eigenvalue weighted by Gasteiger charge is 2.23. The molecule has 324 valence electrons. The Morgan fingerprint density at radius 3 is 1.70 bits per heavy atom. The maximum Gasteiger partial charge on any atom is 0.276 e. The minimum absolute atomic E-state index is 0. The summed E-state index contributed by atoms with van der Waals surface area (Å²) in [5.74, 6) is -1.02. The van der Waals surface area contributed by atoms with Gasteiger partial charge in [-0.15, -0.1) is 0 Å². The van der Waals surface area contributed by atoms with Gasteiger partial charge >= 0.3 is 0 Å². The van der Waals surface area contributed by atoms with E-state index in [0.29, 0.717) is 83.2 Å². The molecule has 18 heteroatoms. The van der Waals surface area contributed by atoms with Crippen LogP contribution in [-0.4, -0.2) is 82.6 Å². The van der Waals surface area contributed by atoms with Crippen molar-refractivity contribution in [2.45, 2.75) is 88.0 Å². The highest BCUT2D eigenvalue weighted by Crippen LogP contribution is 2.32. The predicted molar refractivity (Wildman–Crippen MR) is 234 cm³/mol. The standard InChI is InChI=1S/C42H52N12O6.CH4/c1-8-53-32(18-25(5)49-53)39(57)47-41-45-30-21-28(37(43)55)20-27(17-24(3)4)35(30)51(41)13-10-11-14-52-36-31(22-29(38(44)56)23-34(36)60-16-12-15-59-7)46-42(52)48-40(58)33-19-26(6)50-54(33)9-2;/h10-11,18-24H,8-9,12-17H2,1-7H3,(H2,43,55)(H2,44,56)(H,45,47,57)(H,46,48,58);1H4/b11-10+;. The van der Waals surface area contributed by atoms with Gasteiger partial charge in [0.25, 0.3) is 11.8 Å². The van der Waals surface area contributed by atoms with Crippen molar-refractivity contribution in [3.05, 3.63) is 88.0 Å². The quantitative estimate of drug-likeness (QED) is 0.0579. The van der Waals surface area contributed by atoms with E-state index < -0.39 is 23.6 Å². The highest BCUT2D eigenvalue weighted by atomic mass is 16.5. The van der Waals surface area contributed by atoms with Crippen LogP contribution in [0.1, 0.15) is 100 Å². The summed E-state index contributed by atoms with van der Waals surface area (Å²) in [5, 5.41) is 14.8. The zero-order valence-corrected chi connectivity index (χ0v) is 35.0. The molecule has 0 bridgehead atoms. The fourth-order valence-electron chi connectivity index (χ4n) is 7.14. The molecule has 0 unspecified atom stereocenters. The minimum Gasteiger partial charge on any atom is -0.491 e. The van der Waals surface area contributed by atoms with Crippen molar-refractivity contribution in [3.63, 3.8) is 0 Å². The van der Waals surface area contributed by atoms with Gasteiger partial charge in [-0.2, -0.15) is 10.2 Å². The number of aryl methyl sites for hydroxylation is 4. The Bertz CT molecular complexity index is 2610. The van der Waals surface area contributed by atoms with E-state index in [9.17, 15) is 19.2 Å². The summed E-state index contributed by atoms with van der Waals surface area (Å²) >= 11 is 0. The number of hydrogen-bond donors (Lipinski definition) is 4. The first-order valence-electron chi connectivity index (χ1n) is 19.9. The van der Waals surface area contributed by atoms with Gasteiger partial charge < -0.3 is 30.1 Å². The number of allylic oxidation sites excluding steroid dienone is 2. The molecule has 0 atom stereocenters. The van der Waals surface area contributed by atoms with E-state index in [4.69, 9.17) is 30.9 Å². The zero-order chi connectivity index (χ0) is 43.2. The van der Waals surface area contributed by atoms with E-state index in [-0.39, 0.29) is 50.5 Å². The van der Waals surface area contributed by atoms with Crippen LogP contribution in [0.3, 0.4) is 0 Å². The molecule has 61 heavy (non-hydrogen) atoms. The van der Waals surface area contributed by atoms with Gasteiger partial charge in [-0.25, -0.2) is 9.97 Å². The van der Waals surface area contributed by atoms with Crippen molar-refractivity contribution >= 4 is 57.6 Å². The van der Waals surface area contributed by atoms with Crippen LogP contribution in [0.4, 0.5) is 11.9 Å². The number of hydrogen-bond acceptors (Lipinski definition) is 10. The molecule has 2 aromatic carbocycles. The molecular weight excluding hydrogens is 781 g/mol. The molecule has 0 saturated heterocycles. The second kappa shape index (κ2) is 19.5. The van der Waals surface area contributed by atoms with Crippen LogP contribution in [0.2, 0.25) is 0 Å². The first kappa shape index (κ1) is 45.3. The maximum absolute atomic E-state index is 13.8. The zero-order valence-electron chi connectivity index (χ0n) is 35.0. The summed E-state index contributed by atoms with van der Waals surface area (Å²) in [7, 11) is 1.60. The fourth-order valence-corrected chi connectivity index (χ4v) is 7.14. The SMILES string of the molecule is C.CCn1nc(C)cc1C(=O)Nc1nc2cc(C(N)=O)cc(CC(C)C)c2n1C/C=C/Cn1c(NC(=O)c2cc(C)nn2CC)nc2cc(C(N)=O)cc(OCCCOC)c21. The molecule has 0 radical (unpaired) electrons. The average molecular weight is 837 g/mol. The molecule has 0 fully saturated rings. The molecule has 0 spiro atoms. The van der Waals surface area contributed by atoms with Crippen molar-refractivity contribution in [3.8, 4) is 5.75 Å². The highest BCUT2D eigenvalue weighted by molar-refractivity contribution is 6.05. The number of benzene rings is 2. The number of nitrogens with zero attached hydrogens (tertiary/aromatic N) is 8. The van der Waals surface area contributed by atoms with Gasteiger partial charge in [0.15, 0.2) is 0 Å². The summed E-state index contributed by atoms with van der Waals surface area (Å²) in [6.07, 6.45) is 4.99. The third-order valence-corrected chi connectivity index (χ3v) is 9.74. The number of primary amides is 2. The van der Waals surface area contributed by atoms with Crippen LogP contribution in [0.25, 0.3) is 22.1 Å². The smallest absolute Gasteiger partial charge is 0.276 e. The van der Waals surface area contributed by atoms with Crippen molar-refractivity contribution in [2.75, 3.05) is 31.0 Å². The van der Waals surface area contributed by atoms with Gasteiger partial charge in [-0.05, 0) is 82.0 Å². The lowest BCUT2D eigenvalue weighted by Crippen LogP contribution is -2.20. The summed E-state index contributed by atoms with van der Waals surface area (Å²) in [6, 6.07) is 9.95. The second-order valence-electron chi connectivity index (χ2n) is 14.8. The molecule has 4 aromatic heterocycles. The summed E-state index contributed by atoms with van der Waals surface area (Å²) < 4.78 is 18.3. The number of aromatic nitrogens is 8. The van der Waals surface area contributed by atoms with Crippen LogP contribution in [0, 0.1) is 19.8 Å². The van der Waals surface area contributed by atoms with E-state index in [0.717, 1.165) is 11.1 Å². The van der Waals surface area contributed by atoms with Crippen LogP contribution in [0.15, 0.2) is 48.6 Å². The van der Waals surface area contributed by atoms with Crippen LogP contribution in [0.5, 0.6) is 5.75 Å². The van der Waals surface area contributed by atoms with Crippen molar-refractivity contribution in [2.24, 2.45) is 17.4 Å². The second-order valence-corrected chi connectivity index (χ2v) is 14.8. The van der Waals surface area contributed by atoms with E-state index in [1.807, 2.05) is 44.4 Å². The molecule has 6 aromatic rings. The molecule has 4 amide bonds. The number of rotatable bonds is 19. The van der Waals surface area contributed by atoms with Crippen LogP contribution in [-0.2, 0) is 37.3 Å². The van der Waals surface area contributed by atoms with E-state index in [2.05, 4.69) is 34.7 Å². The molecule has 0 aliphatic rings. The third kappa shape index (κ3) is 9.97. The maximum atomic E-state index is 13.8. The molecule has 6 N–H and O–H groups in total. The summed E-state index contributed by atoms with van der Waals surface area (Å²) in [6.45, 7) is 13.7. The van der Waals surface area contributed by atoms with Crippen LogP contribution < -0.4 is 26.8 Å². The first-order valence-corrected chi connectivity index (χ1v) is 19.9. The predicted octanol–water partition coefficient (Wildman–Crippen LogP) is 5.64. The van der Waals surface area contributed by atoms with Crippen molar-refractivity contribution in [1.29, 1.82) is 0 Å². The number of ether oxygens (including phenoxy) is 2. The topological polar surface area (TPSA) is 234 Å². The van der Waals surface area contributed by atoms with Crippen molar-refractivity contribution in [1.82, 2.24) is 38.7 Å². The van der Waals surface area contributed by atoms with E-state index in [1.54, 1.807) is 57.4 Å². The molecule has 0 aliphatic carbocycles.